The molecule has 0 bridgehead atoms. The Balaban J connectivity index is 2.44. The van der Waals surface area contributed by atoms with Crippen LogP contribution in [-0.4, -0.2) is 16.1 Å². The molecule has 0 unspecified atom stereocenters. The number of fused-ring (bicyclic) bond motifs is 1. The first-order valence-corrected chi connectivity index (χ1v) is 5.40. The Hall–Kier alpha value is -1.77. The van der Waals surface area contributed by atoms with Crippen molar-refractivity contribution in [3.05, 3.63) is 36.0 Å². The predicted molar refractivity (Wildman–Crippen MR) is 63.5 cm³/mol. The van der Waals surface area contributed by atoms with Crippen LogP contribution >= 0.6 is 0 Å². The van der Waals surface area contributed by atoms with Gasteiger partial charge in [0.15, 0.2) is 0 Å². The van der Waals surface area contributed by atoms with Gasteiger partial charge in [-0.05, 0) is 17.5 Å². The van der Waals surface area contributed by atoms with Crippen LogP contribution in [0.3, 0.4) is 0 Å². The van der Waals surface area contributed by atoms with Gasteiger partial charge in [0.25, 0.3) is 0 Å². The molecule has 2 rings (SSSR count). The zero-order valence-corrected chi connectivity index (χ0v) is 9.40. The number of aromatic nitrogens is 1. The van der Waals surface area contributed by atoms with Gasteiger partial charge in [-0.25, -0.2) is 0 Å². The molecule has 2 N–H and O–H groups in total. The lowest BCUT2D eigenvalue weighted by molar-refractivity contribution is -0.141. The third-order valence-corrected chi connectivity index (χ3v) is 3.25. The molecule has 2 atom stereocenters. The Morgan fingerprint density at radius 1 is 1.31 bits per heavy atom. The molecular formula is C13H15NO2. The zero-order chi connectivity index (χ0) is 11.7. The standard InChI is InChI=1S/C13H15NO2/c1-8(9(2)13(15)16)11-7-14-12-6-4-3-5-10(11)12/h3-9,14H,1-2H3,(H,15,16)/t8-,9-/m1/s1. The molecule has 0 fully saturated rings. The van der Waals surface area contributed by atoms with E-state index in [9.17, 15) is 4.79 Å². The Kier molecular flexibility index (Phi) is 2.69. The van der Waals surface area contributed by atoms with Crippen molar-refractivity contribution in [1.82, 2.24) is 4.98 Å². The Bertz CT molecular complexity index is 515. The van der Waals surface area contributed by atoms with E-state index in [-0.39, 0.29) is 11.8 Å². The number of aromatic amines is 1. The summed E-state index contributed by atoms with van der Waals surface area (Å²) in [4.78, 5) is 14.1. The van der Waals surface area contributed by atoms with E-state index >= 15 is 0 Å². The van der Waals surface area contributed by atoms with Crippen LogP contribution in [0.25, 0.3) is 10.9 Å². The lowest BCUT2D eigenvalue weighted by Gasteiger charge is -2.15. The van der Waals surface area contributed by atoms with Crippen molar-refractivity contribution in [2.24, 2.45) is 5.92 Å². The van der Waals surface area contributed by atoms with E-state index in [4.69, 9.17) is 5.11 Å². The van der Waals surface area contributed by atoms with E-state index in [1.54, 1.807) is 6.92 Å². The largest absolute Gasteiger partial charge is 0.481 e. The van der Waals surface area contributed by atoms with E-state index in [0.29, 0.717) is 0 Å². The molecule has 0 amide bonds. The van der Waals surface area contributed by atoms with Gasteiger partial charge >= 0.3 is 5.97 Å². The van der Waals surface area contributed by atoms with Crippen molar-refractivity contribution in [3.63, 3.8) is 0 Å². The quantitative estimate of drug-likeness (QED) is 0.830. The lowest BCUT2D eigenvalue weighted by atomic mass is 9.89. The summed E-state index contributed by atoms with van der Waals surface area (Å²) in [6, 6.07) is 7.95. The summed E-state index contributed by atoms with van der Waals surface area (Å²) in [5, 5.41) is 10.1. The molecule has 2 aromatic rings. The van der Waals surface area contributed by atoms with Crippen molar-refractivity contribution in [3.8, 4) is 0 Å². The number of carboxylic acids is 1. The summed E-state index contributed by atoms with van der Waals surface area (Å²) in [6.45, 7) is 3.70. The fourth-order valence-corrected chi connectivity index (χ4v) is 1.95. The van der Waals surface area contributed by atoms with Gasteiger partial charge in [0.05, 0.1) is 5.92 Å². The lowest BCUT2D eigenvalue weighted by Crippen LogP contribution is -2.16. The summed E-state index contributed by atoms with van der Waals surface area (Å²) in [6.07, 6.45) is 1.91. The van der Waals surface area contributed by atoms with Crippen molar-refractivity contribution >= 4 is 16.9 Å². The van der Waals surface area contributed by atoms with Crippen molar-refractivity contribution in [2.75, 3.05) is 0 Å². The zero-order valence-electron chi connectivity index (χ0n) is 9.40. The van der Waals surface area contributed by atoms with E-state index in [0.717, 1.165) is 16.5 Å². The number of hydrogen-bond acceptors (Lipinski definition) is 1. The van der Waals surface area contributed by atoms with Gasteiger partial charge in [0, 0.05) is 17.1 Å². The first-order chi connectivity index (χ1) is 7.61. The van der Waals surface area contributed by atoms with E-state index < -0.39 is 5.97 Å². The Labute approximate surface area is 94.1 Å². The summed E-state index contributed by atoms with van der Waals surface area (Å²) in [5.41, 5.74) is 2.13. The van der Waals surface area contributed by atoms with E-state index in [1.807, 2.05) is 37.4 Å². The van der Waals surface area contributed by atoms with Crippen molar-refractivity contribution in [1.29, 1.82) is 0 Å². The van der Waals surface area contributed by atoms with Gasteiger partial charge in [-0.2, -0.15) is 0 Å². The highest BCUT2D eigenvalue weighted by Crippen LogP contribution is 2.30. The number of carboxylic acid groups (broad SMARTS) is 1. The number of hydrogen-bond donors (Lipinski definition) is 2. The molecule has 0 aliphatic rings. The molecule has 0 aliphatic carbocycles. The highest BCUT2D eigenvalue weighted by atomic mass is 16.4. The first kappa shape index (κ1) is 10.7. The fraction of sp³-hybridized carbons (Fsp3) is 0.308. The van der Waals surface area contributed by atoms with E-state index in [2.05, 4.69) is 4.98 Å². The third kappa shape index (κ3) is 1.69. The molecule has 3 nitrogen and oxygen atoms in total. The minimum Gasteiger partial charge on any atom is -0.481 e. The molecule has 0 aliphatic heterocycles. The minimum absolute atomic E-state index is 0.00801. The van der Waals surface area contributed by atoms with Crippen LogP contribution in [-0.2, 0) is 4.79 Å². The topological polar surface area (TPSA) is 53.1 Å². The van der Waals surface area contributed by atoms with Crippen LogP contribution in [0.2, 0.25) is 0 Å². The average molecular weight is 217 g/mol. The monoisotopic (exact) mass is 217 g/mol. The molecule has 0 saturated carbocycles. The molecule has 1 heterocycles. The molecule has 16 heavy (non-hydrogen) atoms. The normalized spacial score (nSPS) is 14.9. The summed E-state index contributed by atoms with van der Waals surface area (Å²) in [7, 11) is 0. The summed E-state index contributed by atoms with van der Waals surface area (Å²) in [5.74, 6) is -1.12. The summed E-state index contributed by atoms with van der Waals surface area (Å²) < 4.78 is 0. The smallest absolute Gasteiger partial charge is 0.306 e. The molecular weight excluding hydrogens is 202 g/mol. The van der Waals surface area contributed by atoms with E-state index in [1.165, 1.54) is 0 Å². The van der Waals surface area contributed by atoms with Crippen LogP contribution < -0.4 is 0 Å². The Morgan fingerprint density at radius 3 is 2.69 bits per heavy atom. The molecule has 0 saturated heterocycles. The predicted octanol–water partition coefficient (Wildman–Crippen LogP) is 2.99. The molecule has 1 aromatic heterocycles. The number of nitrogens with one attached hydrogen (secondary N) is 1. The Morgan fingerprint density at radius 2 is 2.00 bits per heavy atom. The van der Waals surface area contributed by atoms with Gasteiger partial charge in [-0.15, -0.1) is 0 Å². The van der Waals surface area contributed by atoms with Crippen LogP contribution in [0.5, 0.6) is 0 Å². The highest BCUT2D eigenvalue weighted by Gasteiger charge is 2.22. The van der Waals surface area contributed by atoms with Crippen LogP contribution in [0.1, 0.15) is 25.3 Å². The second kappa shape index (κ2) is 4.00. The first-order valence-electron chi connectivity index (χ1n) is 5.40. The molecule has 3 heteroatoms. The number of benzene rings is 1. The number of carbonyl (C=O) groups is 1. The third-order valence-electron chi connectivity index (χ3n) is 3.25. The fourth-order valence-electron chi connectivity index (χ4n) is 1.95. The van der Waals surface area contributed by atoms with Crippen LogP contribution in [0.4, 0.5) is 0 Å². The number of rotatable bonds is 3. The second-order valence-electron chi connectivity index (χ2n) is 4.21. The maximum Gasteiger partial charge on any atom is 0.306 e. The SMILES string of the molecule is C[C@@H](C(=O)O)[C@@H](C)c1c[nH]c2ccccc12. The maximum absolute atomic E-state index is 11.0. The number of para-hydroxylation sites is 1. The maximum atomic E-state index is 11.0. The van der Waals surface area contributed by atoms with Crippen molar-refractivity contribution in [2.45, 2.75) is 19.8 Å². The molecule has 0 radical (unpaired) electrons. The average Bonchev–Trinajstić information content (AvgIpc) is 2.70. The van der Waals surface area contributed by atoms with Gasteiger partial charge in [0.2, 0.25) is 0 Å². The van der Waals surface area contributed by atoms with Gasteiger partial charge in [-0.3, -0.25) is 4.79 Å². The highest BCUT2D eigenvalue weighted by molar-refractivity contribution is 5.84. The second-order valence-corrected chi connectivity index (χ2v) is 4.21. The van der Waals surface area contributed by atoms with Crippen LogP contribution in [0, 0.1) is 5.92 Å². The minimum atomic E-state index is -0.752. The van der Waals surface area contributed by atoms with Crippen molar-refractivity contribution < 1.29 is 9.90 Å². The van der Waals surface area contributed by atoms with Gasteiger partial charge < -0.3 is 10.1 Å². The number of aliphatic carboxylic acids is 1. The summed E-state index contributed by atoms with van der Waals surface area (Å²) >= 11 is 0. The van der Waals surface area contributed by atoms with Gasteiger partial charge in [-0.1, -0.05) is 32.0 Å². The molecule has 0 spiro atoms. The molecule has 1 aromatic carbocycles. The number of H-pyrrole nitrogens is 1. The van der Waals surface area contributed by atoms with Crippen LogP contribution in [0.15, 0.2) is 30.5 Å². The molecule has 84 valence electrons. The van der Waals surface area contributed by atoms with Gasteiger partial charge in [0.1, 0.15) is 0 Å².